The minimum atomic E-state index is -3.52. The van der Waals surface area contributed by atoms with Gasteiger partial charge in [0.15, 0.2) is 0 Å². The lowest BCUT2D eigenvalue weighted by Crippen LogP contribution is -2.52. The van der Waals surface area contributed by atoms with Gasteiger partial charge in [-0.25, -0.2) is 8.42 Å². The number of hydrogen-bond acceptors (Lipinski definition) is 4. The summed E-state index contributed by atoms with van der Waals surface area (Å²) in [4.78, 5) is 27.7. The van der Waals surface area contributed by atoms with Crippen molar-refractivity contribution in [2.75, 3.05) is 17.1 Å². The highest BCUT2D eigenvalue weighted by molar-refractivity contribution is 7.92. The van der Waals surface area contributed by atoms with E-state index in [1.807, 2.05) is 45.9 Å². The molecule has 1 atom stereocenters. The molecule has 0 aromatic heterocycles. The van der Waals surface area contributed by atoms with E-state index in [2.05, 4.69) is 5.32 Å². The Balaban J connectivity index is 2.18. The van der Waals surface area contributed by atoms with E-state index in [9.17, 15) is 18.0 Å². The zero-order chi connectivity index (χ0) is 26.4. The summed E-state index contributed by atoms with van der Waals surface area (Å²) >= 11 is 5.99. The predicted octanol–water partition coefficient (Wildman–Crippen LogP) is 4.53. The highest BCUT2D eigenvalue weighted by Crippen LogP contribution is 2.21. The maximum absolute atomic E-state index is 13.3. The van der Waals surface area contributed by atoms with Gasteiger partial charge in [0.25, 0.3) is 0 Å². The largest absolute Gasteiger partial charge is 0.350 e. The van der Waals surface area contributed by atoms with Crippen LogP contribution in [0.3, 0.4) is 0 Å². The summed E-state index contributed by atoms with van der Waals surface area (Å²) < 4.78 is 26.1. The minimum Gasteiger partial charge on any atom is -0.350 e. The van der Waals surface area contributed by atoms with Crippen molar-refractivity contribution in [3.63, 3.8) is 0 Å². The first kappa shape index (κ1) is 28.7. The molecule has 0 saturated heterocycles. The van der Waals surface area contributed by atoms with Crippen LogP contribution in [0.15, 0.2) is 48.5 Å². The highest BCUT2D eigenvalue weighted by Gasteiger charge is 2.28. The fraction of sp³-hybridized carbons (Fsp3) is 0.462. The molecule has 0 spiro atoms. The molecule has 0 bridgehead atoms. The van der Waals surface area contributed by atoms with Crippen LogP contribution in [0.2, 0.25) is 5.02 Å². The number of amides is 2. The fourth-order valence-corrected chi connectivity index (χ4v) is 4.71. The number of carbonyl (C=O) groups is 2. The van der Waals surface area contributed by atoms with Crippen molar-refractivity contribution in [2.45, 2.75) is 65.6 Å². The van der Waals surface area contributed by atoms with Crippen LogP contribution in [-0.2, 0) is 26.2 Å². The number of nitrogens with one attached hydrogen (secondary N) is 1. The maximum atomic E-state index is 13.3. The third-order valence-corrected chi connectivity index (χ3v) is 6.82. The van der Waals surface area contributed by atoms with Crippen molar-refractivity contribution in [1.29, 1.82) is 0 Å². The zero-order valence-corrected chi connectivity index (χ0v) is 22.9. The van der Waals surface area contributed by atoms with Crippen molar-refractivity contribution in [2.24, 2.45) is 0 Å². The Morgan fingerprint density at radius 1 is 1.09 bits per heavy atom. The Kier molecular flexibility index (Phi) is 9.75. The van der Waals surface area contributed by atoms with Gasteiger partial charge in [0.2, 0.25) is 21.8 Å². The van der Waals surface area contributed by atoms with Crippen LogP contribution in [0.25, 0.3) is 0 Å². The molecule has 0 unspecified atom stereocenters. The topological polar surface area (TPSA) is 86.8 Å². The van der Waals surface area contributed by atoms with E-state index in [0.717, 1.165) is 17.4 Å². The molecular weight excluding hydrogens is 486 g/mol. The van der Waals surface area contributed by atoms with Crippen molar-refractivity contribution < 1.29 is 18.0 Å². The van der Waals surface area contributed by atoms with Crippen LogP contribution in [0.4, 0.5) is 5.69 Å². The Labute approximate surface area is 214 Å². The number of anilines is 1. The number of benzene rings is 2. The number of nitrogens with zero attached hydrogens (tertiary/aromatic N) is 2. The first-order chi connectivity index (χ1) is 16.2. The Hall–Kier alpha value is -2.58. The molecule has 192 valence electrons. The molecule has 7 nitrogen and oxygen atoms in total. The van der Waals surface area contributed by atoms with E-state index < -0.39 is 21.6 Å². The number of carbonyl (C=O) groups excluding carboxylic acids is 2. The molecule has 35 heavy (non-hydrogen) atoms. The van der Waals surface area contributed by atoms with Gasteiger partial charge in [0.1, 0.15) is 6.04 Å². The van der Waals surface area contributed by atoms with Gasteiger partial charge >= 0.3 is 0 Å². The van der Waals surface area contributed by atoms with Crippen LogP contribution < -0.4 is 9.62 Å². The van der Waals surface area contributed by atoms with Gasteiger partial charge in [-0.05, 0) is 76.4 Å². The molecule has 2 aromatic rings. The third kappa shape index (κ3) is 9.18. The fourth-order valence-electron chi connectivity index (χ4n) is 3.63. The van der Waals surface area contributed by atoms with E-state index in [-0.39, 0.29) is 31.3 Å². The number of hydrogen-bond donors (Lipinski definition) is 1. The average Bonchev–Trinajstić information content (AvgIpc) is 2.73. The number of halogens is 1. The molecule has 0 heterocycles. The van der Waals surface area contributed by atoms with Crippen molar-refractivity contribution in [1.82, 2.24) is 10.2 Å². The molecule has 0 aliphatic carbocycles. The molecule has 0 aliphatic rings. The quantitative estimate of drug-likeness (QED) is 0.497. The van der Waals surface area contributed by atoms with E-state index in [1.165, 1.54) is 9.21 Å². The maximum Gasteiger partial charge on any atom is 0.242 e. The lowest BCUT2D eigenvalue weighted by Gasteiger charge is -2.32. The predicted molar refractivity (Wildman–Crippen MR) is 142 cm³/mol. The summed E-state index contributed by atoms with van der Waals surface area (Å²) in [7, 11) is -3.52. The second-order valence-electron chi connectivity index (χ2n) is 9.84. The third-order valence-electron chi connectivity index (χ3n) is 5.37. The summed E-state index contributed by atoms with van der Waals surface area (Å²) in [6.45, 7) is 9.64. The van der Waals surface area contributed by atoms with Crippen molar-refractivity contribution >= 4 is 39.1 Å². The number of sulfonamides is 1. The second-order valence-corrected chi connectivity index (χ2v) is 12.2. The molecule has 0 radical (unpaired) electrons. The van der Waals surface area contributed by atoms with Crippen molar-refractivity contribution in [3.05, 3.63) is 64.7 Å². The van der Waals surface area contributed by atoms with Gasteiger partial charge < -0.3 is 10.2 Å². The smallest absolute Gasteiger partial charge is 0.242 e. The summed E-state index contributed by atoms with van der Waals surface area (Å²) in [5.41, 5.74) is 1.91. The molecule has 2 amide bonds. The first-order valence-corrected chi connectivity index (χ1v) is 13.8. The van der Waals surface area contributed by atoms with Crippen LogP contribution in [0.1, 0.15) is 51.7 Å². The zero-order valence-electron chi connectivity index (χ0n) is 21.3. The molecule has 2 aromatic carbocycles. The first-order valence-electron chi connectivity index (χ1n) is 11.6. The SMILES string of the molecule is Cc1cccc(N(CCCC(=O)N(Cc2ccc(Cl)cc2)[C@H](C)C(=O)NC(C)(C)C)S(C)(=O)=O)c1. The van der Waals surface area contributed by atoms with E-state index in [4.69, 9.17) is 11.6 Å². The normalized spacial score (nSPS) is 12.7. The van der Waals surface area contributed by atoms with Crippen LogP contribution >= 0.6 is 11.6 Å². The van der Waals surface area contributed by atoms with Crippen LogP contribution in [0.5, 0.6) is 0 Å². The minimum absolute atomic E-state index is 0.0958. The summed E-state index contributed by atoms with van der Waals surface area (Å²) in [6.07, 6.45) is 1.56. The summed E-state index contributed by atoms with van der Waals surface area (Å²) in [6, 6.07) is 13.6. The Morgan fingerprint density at radius 3 is 2.26 bits per heavy atom. The van der Waals surface area contributed by atoms with E-state index in [1.54, 1.807) is 37.3 Å². The van der Waals surface area contributed by atoms with Crippen LogP contribution in [0, 0.1) is 6.92 Å². The summed E-state index contributed by atoms with van der Waals surface area (Å²) in [5, 5.41) is 3.51. The van der Waals surface area contributed by atoms with Gasteiger partial charge in [0, 0.05) is 30.1 Å². The van der Waals surface area contributed by atoms with Gasteiger partial charge in [-0.2, -0.15) is 0 Å². The monoisotopic (exact) mass is 521 g/mol. The number of rotatable bonds is 10. The van der Waals surface area contributed by atoms with E-state index in [0.29, 0.717) is 17.1 Å². The average molecular weight is 522 g/mol. The Morgan fingerprint density at radius 2 is 1.71 bits per heavy atom. The lowest BCUT2D eigenvalue weighted by molar-refractivity contribution is -0.141. The van der Waals surface area contributed by atoms with Crippen LogP contribution in [-0.4, -0.2) is 49.5 Å². The molecular formula is C26H36ClN3O4S. The van der Waals surface area contributed by atoms with Gasteiger partial charge in [-0.1, -0.05) is 35.9 Å². The molecule has 9 heteroatoms. The highest BCUT2D eigenvalue weighted by atomic mass is 35.5. The molecule has 2 rings (SSSR count). The molecule has 1 N–H and O–H groups in total. The number of aryl methyl sites for hydroxylation is 1. The standard InChI is InChI=1S/C26H36ClN3O4S/c1-19-9-7-10-23(17-19)30(35(6,33)34)16-8-11-24(31)29(18-21-12-14-22(27)15-13-21)20(2)25(32)28-26(3,4)5/h7,9-10,12-15,17,20H,8,11,16,18H2,1-6H3,(H,28,32)/t20-/m1/s1. The lowest BCUT2D eigenvalue weighted by atomic mass is 10.1. The summed E-state index contributed by atoms with van der Waals surface area (Å²) in [5.74, 6) is -0.480. The molecule has 0 aliphatic heterocycles. The van der Waals surface area contributed by atoms with Gasteiger partial charge in [-0.3, -0.25) is 13.9 Å². The molecule has 0 saturated carbocycles. The van der Waals surface area contributed by atoms with Gasteiger partial charge in [0.05, 0.1) is 11.9 Å². The van der Waals surface area contributed by atoms with E-state index >= 15 is 0 Å². The van der Waals surface area contributed by atoms with Crippen molar-refractivity contribution in [3.8, 4) is 0 Å². The second kappa shape index (κ2) is 11.9. The van der Waals surface area contributed by atoms with Gasteiger partial charge in [-0.15, -0.1) is 0 Å². The molecule has 0 fully saturated rings. The Bertz CT molecular complexity index is 1130.